The van der Waals surface area contributed by atoms with Crippen LogP contribution in [0.4, 0.5) is 8.78 Å². The Balaban J connectivity index is 1.53. The molecule has 2 aliphatic heterocycles. The quantitative estimate of drug-likeness (QED) is 0.257. The van der Waals surface area contributed by atoms with Crippen LogP contribution < -0.4 is 10.5 Å². The van der Waals surface area contributed by atoms with Gasteiger partial charge in [-0.25, -0.2) is 21.9 Å². The van der Waals surface area contributed by atoms with Crippen molar-refractivity contribution < 1.29 is 26.8 Å². The van der Waals surface area contributed by atoms with Gasteiger partial charge in [0.15, 0.2) is 0 Å². The Morgan fingerprint density at radius 3 is 2.11 bits per heavy atom. The maximum Gasteiger partial charge on any atom is 0.255 e. The summed E-state index contributed by atoms with van der Waals surface area (Å²) in [6.07, 6.45) is 1.49. The number of carbonyl (C=O) groups is 2. The first-order valence-electron chi connectivity index (χ1n) is 15.2. The minimum absolute atomic E-state index is 0.0463. The number of nitrogens with zero attached hydrogens (tertiary/aromatic N) is 3. The standard InChI is InChI=1S/C32H36Cl3F2N5O4S/c1-47(45,46)39-14-2-3-27-25(20-28(24-9-6-22(34)19-26(24)35)42(27)23-7-4-21(33)5-8-23)29(43)40-15-10-31(11-16-40,30(38)44)41-17-12-32(36,37)13-18-41/h4-9,19-20,39H,2-3,10-18H2,1H3,(H2,38,44). The smallest absolute Gasteiger partial charge is 0.255 e. The summed E-state index contributed by atoms with van der Waals surface area (Å²) < 4.78 is 55.8. The van der Waals surface area contributed by atoms with E-state index in [0.29, 0.717) is 56.1 Å². The number of nitrogens with two attached hydrogens (primary N) is 1. The Kier molecular flexibility index (Phi) is 10.6. The van der Waals surface area contributed by atoms with Crippen LogP contribution >= 0.6 is 34.8 Å². The minimum Gasteiger partial charge on any atom is -0.368 e. The molecule has 2 amide bonds. The lowest BCUT2D eigenvalue weighted by atomic mass is 9.83. The molecule has 0 spiro atoms. The van der Waals surface area contributed by atoms with Crippen molar-refractivity contribution in [2.75, 3.05) is 39.0 Å². The maximum absolute atomic E-state index is 14.4. The molecule has 2 saturated heterocycles. The summed E-state index contributed by atoms with van der Waals surface area (Å²) in [6.45, 7) is 0.615. The SMILES string of the molecule is CS(=O)(=O)NCCCc1c(C(=O)N2CCC(C(N)=O)(N3CCC(F)(F)CC3)CC2)cc(-c2ccc(Cl)cc2Cl)n1-c1ccc(Cl)cc1. The Bertz CT molecular complexity index is 1750. The number of amides is 2. The second-order valence-corrected chi connectivity index (χ2v) is 15.2. The van der Waals surface area contributed by atoms with Crippen molar-refractivity contribution >= 4 is 56.6 Å². The van der Waals surface area contributed by atoms with E-state index in [1.54, 1.807) is 46.2 Å². The summed E-state index contributed by atoms with van der Waals surface area (Å²) in [7, 11) is -3.43. The molecule has 47 heavy (non-hydrogen) atoms. The fourth-order valence-corrected chi connectivity index (χ4v) is 7.65. The molecule has 2 fully saturated rings. The van der Waals surface area contributed by atoms with Gasteiger partial charge in [-0.05, 0) is 74.2 Å². The zero-order valence-corrected chi connectivity index (χ0v) is 28.8. The van der Waals surface area contributed by atoms with E-state index in [9.17, 15) is 26.8 Å². The van der Waals surface area contributed by atoms with Gasteiger partial charge >= 0.3 is 0 Å². The van der Waals surface area contributed by atoms with Gasteiger partial charge in [0.05, 0.1) is 22.5 Å². The second kappa shape index (κ2) is 14.0. The lowest BCUT2D eigenvalue weighted by Crippen LogP contribution is -2.64. The molecular weight excluding hydrogens is 695 g/mol. The van der Waals surface area contributed by atoms with Crippen LogP contribution in [0.5, 0.6) is 0 Å². The van der Waals surface area contributed by atoms with Crippen LogP contribution in [0.3, 0.4) is 0 Å². The number of primary amides is 1. The molecule has 5 rings (SSSR count). The Hall–Kier alpha value is -2.74. The van der Waals surface area contributed by atoms with E-state index < -0.39 is 27.4 Å². The molecule has 3 heterocycles. The third kappa shape index (κ3) is 7.95. The number of sulfonamides is 1. The van der Waals surface area contributed by atoms with Crippen LogP contribution in [0.2, 0.25) is 15.1 Å². The van der Waals surface area contributed by atoms with E-state index in [2.05, 4.69) is 4.72 Å². The first-order valence-corrected chi connectivity index (χ1v) is 18.3. The summed E-state index contributed by atoms with van der Waals surface area (Å²) in [4.78, 5) is 30.6. The van der Waals surface area contributed by atoms with Gasteiger partial charge in [0.1, 0.15) is 5.54 Å². The van der Waals surface area contributed by atoms with Crippen molar-refractivity contribution in [3.8, 4) is 16.9 Å². The van der Waals surface area contributed by atoms with E-state index >= 15 is 0 Å². The number of carbonyl (C=O) groups excluding carboxylic acids is 2. The summed E-state index contributed by atoms with van der Waals surface area (Å²) in [5.41, 5.74) is 7.71. The van der Waals surface area contributed by atoms with Crippen LogP contribution in [-0.4, -0.2) is 85.0 Å². The summed E-state index contributed by atoms with van der Waals surface area (Å²) in [5, 5.41) is 1.33. The predicted molar refractivity (Wildman–Crippen MR) is 180 cm³/mol. The van der Waals surface area contributed by atoms with E-state index in [4.69, 9.17) is 40.5 Å². The Morgan fingerprint density at radius 1 is 0.915 bits per heavy atom. The molecule has 0 radical (unpaired) electrons. The van der Waals surface area contributed by atoms with E-state index in [1.807, 2.05) is 16.7 Å². The molecule has 15 heteroatoms. The first kappa shape index (κ1) is 35.6. The molecule has 0 saturated carbocycles. The molecule has 254 valence electrons. The lowest BCUT2D eigenvalue weighted by molar-refractivity contribution is -0.140. The molecular formula is C32H36Cl3F2N5O4S. The van der Waals surface area contributed by atoms with Crippen molar-refractivity contribution in [3.05, 3.63) is 74.9 Å². The number of halogens is 5. The minimum atomic E-state index is -3.43. The molecule has 3 N–H and O–H groups in total. The van der Waals surface area contributed by atoms with Crippen molar-refractivity contribution in [2.45, 2.75) is 50.0 Å². The number of aromatic nitrogens is 1. The van der Waals surface area contributed by atoms with Crippen LogP contribution in [-0.2, 0) is 21.2 Å². The van der Waals surface area contributed by atoms with Gasteiger partial charge in [0, 0.05) is 72.6 Å². The van der Waals surface area contributed by atoms with E-state index in [0.717, 1.165) is 6.26 Å². The fourth-order valence-electron chi connectivity index (χ4n) is 6.51. The maximum atomic E-state index is 14.4. The van der Waals surface area contributed by atoms with Gasteiger partial charge in [0.2, 0.25) is 15.9 Å². The van der Waals surface area contributed by atoms with Crippen molar-refractivity contribution in [1.82, 2.24) is 19.1 Å². The van der Waals surface area contributed by atoms with Crippen molar-refractivity contribution in [1.29, 1.82) is 0 Å². The van der Waals surface area contributed by atoms with Gasteiger partial charge in [-0.15, -0.1) is 0 Å². The highest BCUT2D eigenvalue weighted by Gasteiger charge is 2.49. The number of nitrogens with one attached hydrogen (secondary N) is 1. The third-order valence-electron chi connectivity index (χ3n) is 9.02. The number of piperidine rings is 2. The molecule has 9 nitrogen and oxygen atoms in total. The number of hydrogen-bond acceptors (Lipinski definition) is 5. The highest BCUT2D eigenvalue weighted by Crippen LogP contribution is 2.39. The number of rotatable bonds is 10. The van der Waals surface area contributed by atoms with Gasteiger partial charge in [-0.2, -0.15) is 0 Å². The zero-order valence-electron chi connectivity index (χ0n) is 25.7. The van der Waals surface area contributed by atoms with Gasteiger partial charge in [0.25, 0.3) is 11.8 Å². The number of hydrogen-bond donors (Lipinski definition) is 2. The summed E-state index contributed by atoms with van der Waals surface area (Å²) >= 11 is 19.1. The third-order valence-corrected chi connectivity index (χ3v) is 10.5. The molecule has 3 aromatic rings. The highest BCUT2D eigenvalue weighted by molar-refractivity contribution is 7.88. The van der Waals surface area contributed by atoms with Gasteiger partial charge in [-0.1, -0.05) is 34.8 Å². The van der Waals surface area contributed by atoms with E-state index in [1.165, 1.54) is 0 Å². The second-order valence-electron chi connectivity index (χ2n) is 12.1. The van der Waals surface area contributed by atoms with Crippen LogP contribution in [0, 0.1) is 0 Å². The van der Waals surface area contributed by atoms with E-state index in [-0.39, 0.29) is 64.3 Å². The molecule has 0 unspecified atom stereocenters. The van der Waals surface area contributed by atoms with Gasteiger partial charge < -0.3 is 15.2 Å². The Morgan fingerprint density at radius 2 is 1.53 bits per heavy atom. The lowest BCUT2D eigenvalue weighted by Gasteiger charge is -2.49. The largest absolute Gasteiger partial charge is 0.368 e. The average molecular weight is 731 g/mol. The van der Waals surface area contributed by atoms with Crippen molar-refractivity contribution in [2.24, 2.45) is 5.73 Å². The highest BCUT2D eigenvalue weighted by atomic mass is 35.5. The van der Waals surface area contributed by atoms with Gasteiger partial charge in [-0.3, -0.25) is 14.5 Å². The van der Waals surface area contributed by atoms with Crippen molar-refractivity contribution in [3.63, 3.8) is 0 Å². The average Bonchev–Trinajstić information content (AvgIpc) is 3.37. The van der Waals surface area contributed by atoms with Crippen LogP contribution in [0.15, 0.2) is 48.5 Å². The van der Waals surface area contributed by atoms with Crippen LogP contribution in [0.25, 0.3) is 16.9 Å². The number of alkyl halides is 2. The molecule has 0 aliphatic carbocycles. The molecule has 2 aromatic carbocycles. The fraction of sp³-hybridized carbons (Fsp3) is 0.438. The molecule has 1 aromatic heterocycles. The summed E-state index contributed by atoms with van der Waals surface area (Å²) in [5.74, 6) is -3.65. The molecule has 0 atom stereocenters. The normalized spacial score (nSPS) is 18.3. The summed E-state index contributed by atoms with van der Waals surface area (Å²) in [6, 6.07) is 13.9. The van der Waals surface area contributed by atoms with Crippen LogP contribution in [0.1, 0.15) is 48.2 Å². The number of benzene rings is 2. The monoisotopic (exact) mass is 729 g/mol. The molecule has 2 aliphatic rings. The predicted octanol–water partition coefficient (Wildman–Crippen LogP) is 5.78. The topological polar surface area (TPSA) is 118 Å². The number of likely N-dealkylation sites (tertiary alicyclic amines) is 2. The Labute approximate surface area is 288 Å². The zero-order chi connectivity index (χ0) is 34.1. The first-order chi connectivity index (χ1) is 22.1. The molecule has 0 bridgehead atoms.